The summed E-state index contributed by atoms with van der Waals surface area (Å²) in [4.78, 5) is 25.6. The van der Waals surface area contributed by atoms with Gasteiger partial charge < -0.3 is 10.1 Å². The number of nitrogens with zero attached hydrogens (tertiary/aromatic N) is 2. The minimum atomic E-state index is -0.284. The van der Waals surface area contributed by atoms with Gasteiger partial charge in [0.15, 0.2) is 0 Å². The van der Waals surface area contributed by atoms with Crippen LogP contribution in [-0.2, 0) is 14.3 Å². The first-order valence-electron chi connectivity index (χ1n) is 7.22. The van der Waals surface area contributed by atoms with Gasteiger partial charge in [-0.3, -0.25) is 19.6 Å². The molecule has 116 valence electrons. The number of ether oxygens (including phenoxy) is 1. The lowest BCUT2D eigenvalue weighted by molar-refractivity contribution is -0.144. The molecule has 1 aliphatic rings. The summed E-state index contributed by atoms with van der Waals surface area (Å²) in [5, 5.41) is 9.72. The van der Waals surface area contributed by atoms with Gasteiger partial charge in [-0.1, -0.05) is 0 Å². The van der Waals surface area contributed by atoms with Gasteiger partial charge >= 0.3 is 5.97 Å². The fourth-order valence-electron chi connectivity index (χ4n) is 2.22. The summed E-state index contributed by atoms with van der Waals surface area (Å²) in [6, 6.07) is 0.312. The van der Waals surface area contributed by atoms with Crippen LogP contribution in [0.4, 0.5) is 5.69 Å². The van der Waals surface area contributed by atoms with Crippen LogP contribution in [0.5, 0.6) is 0 Å². The minimum absolute atomic E-state index is 0.140. The van der Waals surface area contributed by atoms with E-state index in [1.165, 1.54) is 0 Å². The van der Waals surface area contributed by atoms with E-state index in [0.717, 1.165) is 24.2 Å². The van der Waals surface area contributed by atoms with Gasteiger partial charge in [0.05, 0.1) is 36.8 Å². The third-order valence-corrected chi connectivity index (χ3v) is 3.44. The van der Waals surface area contributed by atoms with Crippen LogP contribution in [0.15, 0.2) is 0 Å². The second-order valence-corrected chi connectivity index (χ2v) is 5.30. The zero-order valence-electron chi connectivity index (χ0n) is 12.7. The SMILES string of the molecule is CCOC(=O)CN(CC(=O)Nc1c(C)n[nH]c1C)C1CC1. The smallest absolute Gasteiger partial charge is 0.320 e. The van der Waals surface area contributed by atoms with Crippen LogP contribution in [-0.4, -0.2) is 52.7 Å². The standard InChI is InChI=1S/C14H22N4O3/c1-4-21-13(20)8-18(11-5-6-11)7-12(19)15-14-9(2)16-17-10(14)3/h11H,4-8H2,1-3H3,(H,15,19)(H,16,17). The molecule has 0 unspecified atom stereocenters. The normalized spacial score (nSPS) is 14.3. The molecule has 2 rings (SSSR count). The topological polar surface area (TPSA) is 87.3 Å². The van der Waals surface area contributed by atoms with Crippen LogP contribution in [0.2, 0.25) is 0 Å². The van der Waals surface area contributed by atoms with Gasteiger partial charge in [0.1, 0.15) is 0 Å². The van der Waals surface area contributed by atoms with Crippen molar-refractivity contribution in [2.24, 2.45) is 0 Å². The first kappa shape index (κ1) is 15.5. The van der Waals surface area contributed by atoms with Crippen LogP contribution in [0.25, 0.3) is 0 Å². The van der Waals surface area contributed by atoms with Crippen molar-refractivity contribution < 1.29 is 14.3 Å². The Hall–Kier alpha value is -1.89. The monoisotopic (exact) mass is 294 g/mol. The van der Waals surface area contributed by atoms with Crippen molar-refractivity contribution in [2.75, 3.05) is 25.0 Å². The quantitative estimate of drug-likeness (QED) is 0.732. The number of anilines is 1. The van der Waals surface area contributed by atoms with Gasteiger partial charge in [-0.25, -0.2) is 0 Å². The highest BCUT2D eigenvalue weighted by molar-refractivity contribution is 5.93. The Morgan fingerprint density at radius 3 is 2.62 bits per heavy atom. The Morgan fingerprint density at radius 2 is 2.10 bits per heavy atom. The van der Waals surface area contributed by atoms with Crippen molar-refractivity contribution in [2.45, 2.75) is 39.7 Å². The van der Waals surface area contributed by atoms with E-state index in [1.54, 1.807) is 6.92 Å². The summed E-state index contributed by atoms with van der Waals surface area (Å²) >= 11 is 0. The van der Waals surface area contributed by atoms with E-state index in [4.69, 9.17) is 4.74 Å². The predicted molar refractivity (Wildman–Crippen MR) is 77.9 cm³/mol. The lowest BCUT2D eigenvalue weighted by atomic mass is 10.3. The molecule has 0 radical (unpaired) electrons. The third-order valence-electron chi connectivity index (χ3n) is 3.44. The summed E-state index contributed by atoms with van der Waals surface area (Å²) in [6.45, 7) is 6.17. The Morgan fingerprint density at radius 1 is 1.38 bits per heavy atom. The van der Waals surface area contributed by atoms with Crippen LogP contribution >= 0.6 is 0 Å². The Labute approximate surface area is 124 Å². The van der Waals surface area contributed by atoms with Gasteiger partial charge in [0.2, 0.25) is 5.91 Å². The van der Waals surface area contributed by atoms with Crippen molar-refractivity contribution in [1.29, 1.82) is 0 Å². The average molecular weight is 294 g/mol. The molecular formula is C14H22N4O3. The van der Waals surface area contributed by atoms with E-state index in [0.29, 0.717) is 18.3 Å². The van der Waals surface area contributed by atoms with Crippen LogP contribution < -0.4 is 5.32 Å². The second-order valence-electron chi connectivity index (χ2n) is 5.30. The number of hydrogen-bond donors (Lipinski definition) is 2. The predicted octanol–water partition coefficient (Wildman–Crippen LogP) is 0.993. The maximum absolute atomic E-state index is 12.2. The van der Waals surface area contributed by atoms with Gasteiger partial charge in [-0.05, 0) is 33.6 Å². The first-order valence-corrected chi connectivity index (χ1v) is 7.22. The molecule has 1 fully saturated rings. The molecule has 1 saturated carbocycles. The van der Waals surface area contributed by atoms with Crippen molar-refractivity contribution in [3.63, 3.8) is 0 Å². The van der Waals surface area contributed by atoms with Gasteiger partial charge in [-0.2, -0.15) is 5.10 Å². The minimum Gasteiger partial charge on any atom is -0.465 e. The molecule has 1 amide bonds. The third kappa shape index (κ3) is 4.29. The number of H-pyrrole nitrogens is 1. The maximum atomic E-state index is 12.2. The number of esters is 1. The van der Waals surface area contributed by atoms with Gasteiger partial charge in [0, 0.05) is 6.04 Å². The van der Waals surface area contributed by atoms with Crippen molar-refractivity contribution in [3.05, 3.63) is 11.4 Å². The van der Waals surface area contributed by atoms with E-state index in [2.05, 4.69) is 15.5 Å². The molecule has 0 aromatic carbocycles. The number of aromatic amines is 1. The fraction of sp³-hybridized carbons (Fsp3) is 0.643. The zero-order chi connectivity index (χ0) is 15.4. The van der Waals surface area contributed by atoms with Crippen molar-refractivity contribution in [3.8, 4) is 0 Å². The Balaban J connectivity index is 1.91. The number of carbonyl (C=O) groups excluding carboxylic acids is 2. The average Bonchev–Trinajstić information content (AvgIpc) is 3.21. The molecule has 0 spiro atoms. The highest BCUT2D eigenvalue weighted by atomic mass is 16.5. The number of aromatic nitrogens is 2. The van der Waals surface area contributed by atoms with E-state index in [-0.39, 0.29) is 25.0 Å². The highest BCUT2D eigenvalue weighted by Gasteiger charge is 2.32. The number of hydrogen-bond acceptors (Lipinski definition) is 5. The second kappa shape index (κ2) is 6.71. The number of carbonyl (C=O) groups is 2. The summed E-state index contributed by atoms with van der Waals surface area (Å²) in [6.07, 6.45) is 2.05. The van der Waals surface area contributed by atoms with Crippen molar-refractivity contribution >= 4 is 17.6 Å². The lowest BCUT2D eigenvalue weighted by Gasteiger charge is -2.20. The van der Waals surface area contributed by atoms with E-state index < -0.39 is 0 Å². The number of aryl methyl sites for hydroxylation is 2. The molecule has 7 heteroatoms. The number of amides is 1. The van der Waals surface area contributed by atoms with E-state index in [9.17, 15) is 9.59 Å². The first-order chi connectivity index (χ1) is 10.0. The molecule has 1 aliphatic carbocycles. The number of nitrogens with one attached hydrogen (secondary N) is 2. The van der Waals surface area contributed by atoms with E-state index in [1.807, 2.05) is 18.7 Å². The molecule has 1 heterocycles. The molecule has 0 saturated heterocycles. The van der Waals surface area contributed by atoms with Crippen LogP contribution in [0.3, 0.4) is 0 Å². The summed E-state index contributed by atoms with van der Waals surface area (Å²) < 4.78 is 4.95. The van der Waals surface area contributed by atoms with Gasteiger partial charge in [-0.15, -0.1) is 0 Å². The van der Waals surface area contributed by atoms with Crippen molar-refractivity contribution in [1.82, 2.24) is 15.1 Å². The molecule has 0 atom stereocenters. The molecule has 1 aromatic rings. The molecule has 0 bridgehead atoms. The number of rotatable bonds is 7. The van der Waals surface area contributed by atoms with E-state index >= 15 is 0 Å². The summed E-state index contributed by atoms with van der Waals surface area (Å²) in [5.74, 6) is -0.424. The molecule has 0 aliphatic heterocycles. The molecule has 7 nitrogen and oxygen atoms in total. The Kier molecular flexibility index (Phi) is 4.95. The van der Waals surface area contributed by atoms with Gasteiger partial charge in [0.25, 0.3) is 0 Å². The zero-order valence-corrected chi connectivity index (χ0v) is 12.7. The summed E-state index contributed by atoms with van der Waals surface area (Å²) in [7, 11) is 0. The molecule has 21 heavy (non-hydrogen) atoms. The Bertz CT molecular complexity index is 503. The summed E-state index contributed by atoms with van der Waals surface area (Å²) in [5.41, 5.74) is 2.29. The maximum Gasteiger partial charge on any atom is 0.320 e. The molecule has 1 aromatic heterocycles. The highest BCUT2D eigenvalue weighted by Crippen LogP contribution is 2.26. The largest absolute Gasteiger partial charge is 0.465 e. The van der Waals surface area contributed by atoms with Crippen LogP contribution in [0.1, 0.15) is 31.2 Å². The lowest BCUT2D eigenvalue weighted by Crippen LogP contribution is -2.39. The molecular weight excluding hydrogens is 272 g/mol. The van der Waals surface area contributed by atoms with Crippen LogP contribution in [0, 0.1) is 13.8 Å². The molecule has 2 N–H and O–H groups in total. The fourth-order valence-corrected chi connectivity index (χ4v) is 2.22.